The lowest BCUT2D eigenvalue weighted by Gasteiger charge is -2.13. The van der Waals surface area contributed by atoms with Gasteiger partial charge in [0.1, 0.15) is 6.61 Å². The molecule has 3 N–H and O–H groups in total. The number of ether oxygens (including phenoxy) is 2. The second kappa shape index (κ2) is 10.7. The van der Waals surface area contributed by atoms with Gasteiger partial charge >= 0.3 is 5.97 Å². The minimum Gasteiger partial charge on any atom is -0.463 e. The Morgan fingerprint density at radius 3 is 2.57 bits per heavy atom. The molecule has 1 aromatic rings. The molecule has 1 aliphatic rings. The average Bonchev–Trinajstić information content (AvgIpc) is 3.48. The molecule has 1 aliphatic carbocycles. The molecule has 0 unspecified atom stereocenters. The molecule has 1 saturated carbocycles. The highest BCUT2D eigenvalue weighted by molar-refractivity contribution is 7.80. The summed E-state index contributed by atoms with van der Waals surface area (Å²) in [7, 11) is 1.51. The van der Waals surface area contributed by atoms with Gasteiger partial charge in [-0.25, -0.2) is 0 Å². The first-order chi connectivity index (χ1) is 13.4. The number of anilines is 2. The lowest BCUT2D eigenvalue weighted by atomic mass is 10.1. The van der Waals surface area contributed by atoms with Crippen molar-refractivity contribution in [3.8, 4) is 0 Å². The van der Waals surface area contributed by atoms with Crippen LogP contribution in [0.2, 0.25) is 0 Å². The molecular formula is C19H25N3O5S. The van der Waals surface area contributed by atoms with Crippen LogP contribution in [0, 0.1) is 12.8 Å². The topological polar surface area (TPSA) is 106 Å². The van der Waals surface area contributed by atoms with Gasteiger partial charge in [0, 0.05) is 30.8 Å². The molecule has 1 fully saturated rings. The minimum absolute atomic E-state index is 0.0218. The van der Waals surface area contributed by atoms with Crippen molar-refractivity contribution in [3.05, 3.63) is 23.8 Å². The average molecular weight is 407 g/mol. The molecule has 2 amide bonds. The molecule has 8 nitrogen and oxygen atoms in total. The summed E-state index contributed by atoms with van der Waals surface area (Å²) in [5, 5.41) is 8.44. The van der Waals surface area contributed by atoms with Crippen molar-refractivity contribution in [2.75, 3.05) is 31.0 Å². The normalized spacial score (nSPS) is 12.8. The molecule has 0 saturated heterocycles. The fraction of sp³-hybridized carbons (Fsp3) is 0.474. The number of thiocarbonyl (C=S) groups is 1. The number of rotatable bonds is 9. The lowest BCUT2D eigenvalue weighted by Crippen LogP contribution is -2.34. The van der Waals surface area contributed by atoms with Crippen LogP contribution in [0.4, 0.5) is 11.4 Å². The maximum absolute atomic E-state index is 12.0. The van der Waals surface area contributed by atoms with Gasteiger partial charge in [-0.1, -0.05) is 6.07 Å². The number of hydrogen-bond acceptors (Lipinski definition) is 6. The number of amides is 2. The molecule has 0 aromatic heterocycles. The van der Waals surface area contributed by atoms with E-state index in [9.17, 15) is 14.4 Å². The van der Waals surface area contributed by atoms with Crippen molar-refractivity contribution < 1.29 is 23.9 Å². The van der Waals surface area contributed by atoms with E-state index in [-0.39, 0.29) is 36.4 Å². The van der Waals surface area contributed by atoms with Crippen LogP contribution in [0.3, 0.4) is 0 Å². The Bertz CT molecular complexity index is 749. The number of hydrogen-bond donors (Lipinski definition) is 3. The Kier molecular flexibility index (Phi) is 8.34. The first-order valence-corrected chi connectivity index (χ1v) is 9.46. The first-order valence-electron chi connectivity index (χ1n) is 9.06. The van der Waals surface area contributed by atoms with Crippen molar-refractivity contribution >= 4 is 46.5 Å². The van der Waals surface area contributed by atoms with Gasteiger partial charge in [0.15, 0.2) is 5.11 Å². The van der Waals surface area contributed by atoms with E-state index in [4.69, 9.17) is 21.7 Å². The maximum Gasteiger partial charge on any atom is 0.306 e. The van der Waals surface area contributed by atoms with E-state index in [0.29, 0.717) is 18.0 Å². The zero-order valence-electron chi connectivity index (χ0n) is 16.0. The smallest absolute Gasteiger partial charge is 0.306 e. The van der Waals surface area contributed by atoms with Gasteiger partial charge in [-0.2, -0.15) is 0 Å². The molecule has 2 rings (SSSR count). The van der Waals surface area contributed by atoms with Crippen LogP contribution < -0.4 is 16.0 Å². The Morgan fingerprint density at radius 2 is 1.89 bits per heavy atom. The SMILES string of the molecule is COCCOC(=O)CCC(=O)NC(=S)Nc1ccc(C)c(NC(=O)C2CC2)c1. The largest absolute Gasteiger partial charge is 0.463 e. The van der Waals surface area contributed by atoms with E-state index in [0.717, 1.165) is 18.4 Å². The van der Waals surface area contributed by atoms with Crippen LogP contribution in [-0.2, 0) is 23.9 Å². The molecule has 28 heavy (non-hydrogen) atoms. The minimum atomic E-state index is -0.472. The number of esters is 1. The fourth-order valence-electron chi connectivity index (χ4n) is 2.29. The molecule has 9 heteroatoms. The summed E-state index contributed by atoms with van der Waals surface area (Å²) in [5.41, 5.74) is 2.28. The second-order valence-corrected chi connectivity index (χ2v) is 6.92. The quantitative estimate of drug-likeness (QED) is 0.327. The van der Waals surface area contributed by atoms with Gasteiger partial charge in [0.2, 0.25) is 11.8 Å². The van der Waals surface area contributed by atoms with E-state index < -0.39 is 11.9 Å². The Hall–Kier alpha value is -2.52. The Morgan fingerprint density at radius 1 is 1.14 bits per heavy atom. The van der Waals surface area contributed by atoms with E-state index in [1.54, 1.807) is 12.1 Å². The van der Waals surface area contributed by atoms with Crippen LogP contribution in [0.5, 0.6) is 0 Å². The van der Waals surface area contributed by atoms with Gasteiger partial charge in [-0.05, 0) is 49.7 Å². The number of methoxy groups -OCH3 is 1. The van der Waals surface area contributed by atoms with Crippen LogP contribution >= 0.6 is 12.2 Å². The van der Waals surface area contributed by atoms with E-state index in [2.05, 4.69) is 16.0 Å². The van der Waals surface area contributed by atoms with Crippen LogP contribution in [0.25, 0.3) is 0 Å². The van der Waals surface area contributed by atoms with Gasteiger partial charge in [0.25, 0.3) is 0 Å². The molecule has 152 valence electrons. The summed E-state index contributed by atoms with van der Waals surface area (Å²) in [6, 6.07) is 5.42. The molecule has 0 bridgehead atoms. The summed E-state index contributed by atoms with van der Waals surface area (Å²) in [6.07, 6.45) is 1.78. The molecule has 0 heterocycles. The number of aryl methyl sites for hydroxylation is 1. The molecule has 0 atom stereocenters. The van der Waals surface area contributed by atoms with Gasteiger partial charge in [-0.15, -0.1) is 0 Å². The van der Waals surface area contributed by atoms with E-state index >= 15 is 0 Å². The van der Waals surface area contributed by atoms with Crippen molar-refractivity contribution in [3.63, 3.8) is 0 Å². The van der Waals surface area contributed by atoms with Crippen molar-refractivity contribution in [1.82, 2.24) is 5.32 Å². The van der Waals surface area contributed by atoms with Crippen molar-refractivity contribution in [1.29, 1.82) is 0 Å². The predicted octanol–water partition coefficient (Wildman–Crippen LogP) is 2.13. The molecule has 1 aromatic carbocycles. The summed E-state index contributed by atoms with van der Waals surface area (Å²) in [5.74, 6) is -0.734. The number of benzene rings is 1. The van der Waals surface area contributed by atoms with Gasteiger partial charge in [-0.3, -0.25) is 14.4 Å². The Balaban J connectivity index is 1.78. The Labute approximate surface area is 169 Å². The zero-order chi connectivity index (χ0) is 20.5. The van der Waals surface area contributed by atoms with E-state index in [1.165, 1.54) is 7.11 Å². The highest BCUT2D eigenvalue weighted by atomic mass is 32.1. The zero-order valence-corrected chi connectivity index (χ0v) is 16.8. The van der Waals surface area contributed by atoms with Crippen LogP contribution in [-0.4, -0.2) is 43.2 Å². The third-order valence-corrected chi connectivity index (χ3v) is 4.27. The highest BCUT2D eigenvalue weighted by Crippen LogP contribution is 2.31. The first kappa shape index (κ1) is 21.8. The predicted molar refractivity (Wildman–Crippen MR) is 109 cm³/mol. The van der Waals surface area contributed by atoms with Crippen molar-refractivity contribution in [2.45, 2.75) is 32.6 Å². The standard InChI is InChI=1S/C19H25N3O5S/c1-12-3-6-14(11-15(12)21-18(25)13-4-5-13)20-19(28)22-16(23)7-8-17(24)27-10-9-26-2/h3,6,11,13H,4-5,7-10H2,1-2H3,(H,21,25)(H2,20,22,23,28). The third kappa shape index (κ3) is 7.61. The van der Waals surface area contributed by atoms with Crippen LogP contribution in [0.15, 0.2) is 18.2 Å². The molecular weight excluding hydrogens is 382 g/mol. The highest BCUT2D eigenvalue weighted by Gasteiger charge is 2.29. The van der Waals surface area contributed by atoms with E-state index in [1.807, 2.05) is 13.0 Å². The molecule has 0 aliphatic heterocycles. The fourth-order valence-corrected chi connectivity index (χ4v) is 2.52. The van der Waals surface area contributed by atoms with Crippen molar-refractivity contribution in [2.24, 2.45) is 5.92 Å². The maximum atomic E-state index is 12.0. The number of nitrogens with one attached hydrogen (secondary N) is 3. The van der Waals surface area contributed by atoms with Gasteiger partial charge < -0.3 is 25.4 Å². The number of carbonyl (C=O) groups is 3. The third-order valence-electron chi connectivity index (χ3n) is 4.06. The lowest BCUT2D eigenvalue weighted by molar-refractivity contribution is -0.146. The summed E-state index contributed by atoms with van der Waals surface area (Å²) < 4.78 is 9.66. The monoisotopic (exact) mass is 407 g/mol. The molecule has 0 radical (unpaired) electrons. The summed E-state index contributed by atoms with van der Waals surface area (Å²) >= 11 is 5.13. The summed E-state index contributed by atoms with van der Waals surface area (Å²) in [4.78, 5) is 35.3. The van der Waals surface area contributed by atoms with Crippen LogP contribution in [0.1, 0.15) is 31.2 Å². The number of carbonyl (C=O) groups excluding carboxylic acids is 3. The molecule has 0 spiro atoms. The van der Waals surface area contributed by atoms with Gasteiger partial charge in [0.05, 0.1) is 13.0 Å². The summed E-state index contributed by atoms with van der Waals surface area (Å²) in [6.45, 7) is 2.37. The second-order valence-electron chi connectivity index (χ2n) is 6.51.